The molecule has 5 rings (SSSR count). The molecule has 11 nitrogen and oxygen atoms in total. The number of H-pyrrole nitrogens is 1. The maximum atomic E-state index is 14.1. The van der Waals surface area contributed by atoms with Crippen LogP contribution in [0.2, 0.25) is 0 Å². The fourth-order valence-electron chi connectivity index (χ4n) is 6.15. The number of carbonyl (C=O) groups excluding carboxylic acids is 4. The van der Waals surface area contributed by atoms with Crippen molar-refractivity contribution in [1.29, 1.82) is 0 Å². The van der Waals surface area contributed by atoms with E-state index in [1.54, 1.807) is 0 Å². The highest BCUT2D eigenvalue weighted by Crippen LogP contribution is 2.20. The summed E-state index contributed by atoms with van der Waals surface area (Å²) in [5.74, 6) is -0.686. The number of aromatic nitrogens is 1. The van der Waals surface area contributed by atoms with Gasteiger partial charge in [0.25, 0.3) is 0 Å². The first kappa shape index (κ1) is 40.1. The Bertz CT molecular complexity index is 1940. The van der Waals surface area contributed by atoms with Crippen molar-refractivity contribution in [3.63, 3.8) is 0 Å². The number of esters is 1. The fraction of sp³-hybridized carbons (Fsp3) is 0.318. The molecule has 1 heterocycles. The minimum absolute atomic E-state index is 0.0290. The van der Waals surface area contributed by atoms with Gasteiger partial charge in [0.2, 0.25) is 11.8 Å². The van der Waals surface area contributed by atoms with Crippen LogP contribution in [0.3, 0.4) is 0 Å². The van der Waals surface area contributed by atoms with Gasteiger partial charge in [-0.15, -0.1) is 0 Å². The number of hydrogen-bond donors (Lipinski definition) is 4. The third-order valence-corrected chi connectivity index (χ3v) is 9.11. The molecule has 288 valence electrons. The van der Waals surface area contributed by atoms with Gasteiger partial charge in [0.1, 0.15) is 31.0 Å². The summed E-state index contributed by atoms with van der Waals surface area (Å²) in [5.41, 5.74) is 3.37. The van der Waals surface area contributed by atoms with Crippen molar-refractivity contribution >= 4 is 34.8 Å². The second-order valence-electron chi connectivity index (χ2n) is 13.4. The van der Waals surface area contributed by atoms with E-state index in [9.17, 15) is 19.2 Å². The van der Waals surface area contributed by atoms with Crippen LogP contribution in [0.25, 0.3) is 10.9 Å². The minimum Gasteiger partial charge on any atom is -0.494 e. The Labute approximate surface area is 322 Å². The van der Waals surface area contributed by atoms with Crippen LogP contribution in [-0.4, -0.2) is 53.6 Å². The lowest BCUT2D eigenvalue weighted by Crippen LogP contribution is -2.55. The van der Waals surface area contributed by atoms with Crippen molar-refractivity contribution in [2.24, 2.45) is 0 Å². The van der Waals surface area contributed by atoms with Gasteiger partial charge in [0.15, 0.2) is 0 Å². The number of para-hydroxylation sites is 2. The topological polar surface area (TPSA) is 148 Å². The molecule has 3 atom stereocenters. The van der Waals surface area contributed by atoms with E-state index >= 15 is 0 Å². The third kappa shape index (κ3) is 13.4. The van der Waals surface area contributed by atoms with E-state index in [0.717, 1.165) is 39.8 Å². The third-order valence-electron chi connectivity index (χ3n) is 9.11. The van der Waals surface area contributed by atoms with Crippen molar-refractivity contribution in [1.82, 2.24) is 20.9 Å². The Balaban J connectivity index is 1.27. The van der Waals surface area contributed by atoms with Gasteiger partial charge in [-0.1, -0.05) is 117 Å². The number of ether oxygens (including phenoxy) is 3. The van der Waals surface area contributed by atoms with Gasteiger partial charge in [0.05, 0.1) is 13.0 Å². The summed E-state index contributed by atoms with van der Waals surface area (Å²) < 4.78 is 16.9. The van der Waals surface area contributed by atoms with Gasteiger partial charge in [-0.05, 0) is 54.2 Å². The van der Waals surface area contributed by atoms with Gasteiger partial charge in [-0.3, -0.25) is 14.4 Å². The molecule has 4 aromatic carbocycles. The first-order chi connectivity index (χ1) is 26.9. The summed E-state index contributed by atoms with van der Waals surface area (Å²) in [6, 6.07) is 33.2. The molecule has 5 aromatic rings. The van der Waals surface area contributed by atoms with Gasteiger partial charge < -0.3 is 35.1 Å². The second-order valence-corrected chi connectivity index (χ2v) is 13.4. The lowest BCUT2D eigenvalue weighted by molar-refractivity contribution is -0.145. The quantitative estimate of drug-likeness (QED) is 0.0460. The van der Waals surface area contributed by atoms with Crippen LogP contribution >= 0.6 is 0 Å². The van der Waals surface area contributed by atoms with Gasteiger partial charge in [0, 0.05) is 29.6 Å². The number of amides is 3. The molecule has 0 aliphatic rings. The summed E-state index contributed by atoms with van der Waals surface area (Å²) in [6.45, 7) is 2.53. The number of unbranched alkanes of at least 4 members (excludes halogenated alkanes) is 1. The first-order valence-electron chi connectivity index (χ1n) is 18.9. The summed E-state index contributed by atoms with van der Waals surface area (Å²) in [5, 5.41) is 9.59. The predicted octanol–water partition coefficient (Wildman–Crippen LogP) is 7.16. The Morgan fingerprint density at radius 1 is 0.655 bits per heavy atom. The van der Waals surface area contributed by atoms with E-state index in [-0.39, 0.29) is 26.1 Å². The molecule has 0 unspecified atom stereocenters. The molecular formula is C44H50N4O7. The molecule has 0 aliphatic carbocycles. The zero-order chi connectivity index (χ0) is 38.7. The highest BCUT2D eigenvalue weighted by Gasteiger charge is 2.29. The lowest BCUT2D eigenvalue weighted by Gasteiger charge is -2.25. The standard InChI is InChI=1S/C44H50N4O7/c1-2-3-24-39(42(50)46-35(20-15-26-53-36-21-11-6-12-22-36)28-41(49)54-30-32-16-7-4-8-17-32)47-43(51)40(27-34-29-45-38-25-14-13-23-37(34)38)48-44(52)55-31-33-18-9-5-10-19-33/h4-14,16-19,21-23,25,29,35,39-40,45H,2-3,15,20,24,26-28,30-31H2,1H3,(H,46,50)(H,47,51)(H,48,52)/t35-,39-,40+/m0/s1. The first-order valence-corrected chi connectivity index (χ1v) is 18.9. The van der Waals surface area contributed by atoms with Crippen molar-refractivity contribution in [3.05, 3.63) is 138 Å². The monoisotopic (exact) mass is 746 g/mol. The molecule has 0 saturated heterocycles. The summed E-state index contributed by atoms with van der Waals surface area (Å²) in [6.07, 6.45) is 3.93. The normalized spacial score (nSPS) is 12.5. The molecule has 55 heavy (non-hydrogen) atoms. The fourth-order valence-corrected chi connectivity index (χ4v) is 6.15. The molecule has 0 radical (unpaired) electrons. The summed E-state index contributed by atoms with van der Waals surface area (Å²) >= 11 is 0. The van der Waals surface area contributed by atoms with E-state index in [1.807, 2.05) is 128 Å². The van der Waals surface area contributed by atoms with Gasteiger partial charge in [-0.25, -0.2) is 4.79 Å². The van der Waals surface area contributed by atoms with Crippen LogP contribution in [0.4, 0.5) is 4.79 Å². The molecule has 11 heteroatoms. The Morgan fingerprint density at radius 3 is 1.96 bits per heavy atom. The van der Waals surface area contributed by atoms with Crippen LogP contribution in [0, 0.1) is 0 Å². The smallest absolute Gasteiger partial charge is 0.408 e. The number of hydrogen-bond acceptors (Lipinski definition) is 7. The minimum atomic E-state index is -1.06. The number of carbonyl (C=O) groups is 4. The highest BCUT2D eigenvalue weighted by molar-refractivity contribution is 5.92. The Morgan fingerprint density at radius 2 is 1.27 bits per heavy atom. The largest absolute Gasteiger partial charge is 0.494 e. The van der Waals surface area contributed by atoms with Crippen molar-refractivity contribution in [3.8, 4) is 5.75 Å². The molecular weight excluding hydrogens is 697 g/mol. The molecule has 0 spiro atoms. The van der Waals surface area contributed by atoms with Crippen LogP contribution in [0.1, 0.15) is 62.1 Å². The van der Waals surface area contributed by atoms with E-state index in [1.165, 1.54) is 0 Å². The van der Waals surface area contributed by atoms with Crippen LogP contribution in [0.15, 0.2) is 121 Å². The number of rotatable bonds is 21. The highest BCUT2D eigenvalue weighted by atomic mass is 16.5. The number of nitrogens with one attached hydrogen (secondary N) is 4. The van der Waals surface area contributed by atoms with E-state index < -0.39 is 42.0 Å². The molecule has 0 fully saturated rings. The van der Waals surface area contributed by atoms with Gasteiger partial charge >= 0.3 is 12.1 Å². The van der Waals surface area contributed by atoms with E-state index in [2.05, 4.69) is 20.9 Å². The molecule has 0 saturated carbocycles. The Kier molecular flexibility index (Phi) is 15.7. The molecule has 3 amide bonds. The lowest BCUT2D eigenvalue weighted by atomic mass is 10.0. The molecule has 1 aromatic heterocycles. The van der Waals surface area contributed by atoms with E-state index in [4.69, 9.17) is 14.2 Å². The van der Waals surface area contributed by atoms with Crippen LogP contribution in [0.5, 0.6) is 5.75 Å². The molecule has 0 bridgehead atoms. The van der Waals surface area contributed by atoms with Gasteiger partial charge in [-0.2, -0.15) is 0 Å². The molecule has 0 aliphatic heterocycles. The maximum absolute atomic E-state index is 14.1. The average Bonchev–Trinajstić information content (AvgIpc) is 3.62. The predicted molar refractivity (Wildman–Crippen MR) is 211 cm³/mol. The second kappa shape index (κ2) is 21.6. The number of benzene rings is 4. The SMILES string of the molecule is CCCC[C@H](NC(=O)[C@@H](Cc1c[nH]c2ccccc12)NC(=O)OCc1ccccc1)C(=O)N[C@@H](CCCOc1ccccc1)CC(=O)OCc1ccccc1. The zero-order valence-electron chi connectivity index (χ0n) is 31.2. The van der Waals surface area contributed by atoms with E-state index in [0.29, 0.717) is 32.3 Å². The maximum Gasteiger partial charge on any atom is 0.408 e. The zero-order valence-corrected chi connectivity index (χ0v) is 31.2. The van der Waals surface area contributed by atoms with Crippen molar-refractivity contribution in [2.75, 3.05) is 6.61 Å². The van der Waals surface area contributed by atoms with Crippen molar-refractivity contribution in [2.45, 2.75) is 83.2 Å². The average molecular weight is 747 g/mol. The number of fused-ring (bicyclic) bond motifs is 1. The Hall–Kier alpha value is -6.10. The number of aromatic amines is 1. The van der Waals surface area contributed by atoms with Crippen LogP contribution in [-0.2, 0) is 43.5 Å². The van der Waals surface area contributed by atoms with Crippen LogP contribution < -0.4 is 20.7 Å². The summed E-state index contributed by atoms with van der Waals surface area (Å²) in [7, 11) is 0. The van der Waals surface area contributed by atoms with Crippen molar-refractivity contribution < 1.29 is 33.4 Å². The number of alkyl carbamates (subject to hydrolysis) is 1. The molecule has 4 N–H and O–H groups in total. The summed E-state index contributed by atoms with van der Waals surface area (Å²) in [4.78, 5) is 57.4.